The van der Waals surface area contributed by atoms with Gasteiger partial charge in [0.1, 0.15) is 5.82 Å². The number of alkyl halides is 1. The summed E-state index contributed by atoms with van der Waals surface area (Å²) in [6.07, 6.45) is 2.01. The molecule has 0 aromatic carbocycles. The Balaban J connectivity index is 2.21. The van der Waals surface area contributed by atoms with Gasteiger partial charge in [0.2, 0.25) is 11.2 Å². The third-order valence-corrected chi connectivity index (χ3v) is 2.93. The first-order valence-electron chi connectivity index (χ1n) is 4.55. The first-order valence-corrected chi connectivity index (χ1v) is 5.47. The molecule has 80 valence electrons. The molecular weight excluding hydrogens is 237 g/mol. The summed E-state index contributed by atoms with van der Waals surface area (Å²) < 4.78 is 0. The van der Waals surface area contributed by atoms with Crippen LogP contribution in [0.15, 0.2) is 12.3 Å². The van der Waals surface area contributed by atoms with Crippen LogP contribution in [0.25, 0.3) is 0 Å². The monoisotopic (exact) mass is 245 g/mol. The predicted octanol–water partition coefficient (Wildman–Crippen LogP) is 1.72. The van der Waals surface area contributed by atoms with Crippen LogP contribution in [0.1, 0.15) is 6.42 Å². The molecule has 1 amide bonds. The molecule has 6 heteroatoms. The average Bonchev–Trinajstić information content (AvgIpc) is 2.60. The minimum absolute atomic E-state index is 0.0374. The minimum atomic E-state index is 0.0374. The van der Waals surface area contributed by atoms with Crippen molar-refractivity contribution in [2.45, 2.75) is 6.42 Å². The van der Waals surface area contributed by atoms with E-state index in [-0.39, 0.29) is 17.1 Å². The fourth-order valence-corrected chi connectivity index (χ4v) is 1.93. The van der Waals surface area contributed by atoms with Gasteiger partial charge in [0.25, 0.3) is 0 Å². The van der Waals surface area contributed by atoms with Gasteiger partial charge < -0.3 is 0 Å². The van der Waals surface area contributed by atoms with Gasteiger partial charge in [-0.25, -0.2) is 9.97 Å². The molecule has 1 atom stereocenters. The summed E-state index contributed by atoms with van der Waals surface area (Å²) in [5.74, 6) is 1.28. The molecular formula is C9H9Cl2N3O. The Morgan fingerprint density at radius 2 is 2.40 bits per heavy atom. The molecule has 15 heavy (non-hydrogen) atoms. The number of carbonyl (C=O) groups excluding carboxylic acids is 1. The van der Waals surface area contributed by atoms with Gasteiger partial charge >= 0.3 is 0 Å². The van der Waals surface area contributed by atoms with E-state index >= 15 is 0 Å². The van der Waals surface area contributed by atoms with Crippen molar-refractivity contribution in [2.24, 2.45) is 5.92 Å². The summed E-state index contributed by atoms with van der Waals surface area (Å²) in [7, 11) is 0. The number of nitrogens with zero attached hydrogens (tertiary/aromatic N) is 3. The second kappa shape index (κ2) is 4.33. The summed E-state index contributed by atoms with van der Waals surface area (Å²) in [6.45, 7) is 0.607. The highest BCUT2D eigenvalue weighted by molar-refractivity contribution is 6.28. The average molecular weight is 246 g/mol. The van der Waals surface area contributed by atoms with Crippen molar-refractivity contribution in [3.8, 4) is 0 Å². The first kappa shape index (κ1) is 10.6. The molecule has 2 rings (SSSR count). The number of anilines is 1. The summed E-state index contributed by atoms with van der Waals surface area (Å²) >= 11 is 11.4. The van der Waals surface area contributed by atoms with Crippen LogP contribution >= 0.6 is 23.2 Å². The molecule has 0 spiro atoms. The van der Waals surface area contributed by atoms with Crippen molar-refractivity contribution in [1.29, 1.82) is 0 Å². The van der Waals surface area contributed by atoms with Gasteiger partial charge in [0, 0.05) is 25.0 Å². The Bertz CT molecular complexity index is 385. The minimum Gasteiger partial charge on any atom is -0.296 e. The fourth-order valence-electron chi connectivity index (χ4n) is 1.58. The molecule has 1 unspecified atom stereocenters. The Kier molecular flexibility index (Phi) is 3.07. The molecule has 0 radical (unpaired) electrons. The maximum Gasteiger partial charge on any atom is 0.228 e. The van der Waals surface area contributed by atoms with E-state index in [0.29, 0.717) is 24.7 Å². The van der Waals surface area contributed by atoms with Gasteiger partial charge in [-0.15, -0.1) is 11.6 Å². The topological polar surface area (TPSA) is 46.1 Å². The Morgan fingerprint density at radius 1 is 1.60 bits per heavy atom. The van der Waals surface area contributed by atoms with E-state index in [2.05, 4.69) is 9.97 Å². The largest absolute Gasteiger partial charge is 0.296 e. The highest BCUT2D eigenvalue weighted by Crippen LogP contribution is 2.24. The molecule has 1 aliphatic heterocycles. The van der Waals surface area contributed by atoms with Gasteiger partial charge in [-0.05, 0) is 23.6 Å². The van der Waals surface area contributed by atoms with Crippen LogP contribution in [0.5, 0.6) is 0 Å². The van der Waals surface area contributed by atoms with Crippen molar-refractivity contribution in [2.75, 3.05) is 17.3 Å². The lowest BCUT2D eigenvalue weighted by molar-refractivity contribution is -0.117. The molecule has 4 nitrogen and oxygen atoms in total. The normalized spacial score (nSPS) is 21.1. The Labute approximate surface area is 97.2 Å². The van der Waals surface area contributed by atoms with Crippen LogP contribution in [-0.2, 0) is 4.79 Å². The Morgan fingerprint density at radius 3 is 3.00 bits per heavy atom. The summed E-state index contributed by atoms with van der Waals surface area (Å²) in [4.78, 5) is 21.0. The van der Waals surface area contributed by atoms with E-state index in [4.69, 9.17) is 23.2 Å². The molecule has 0 aliphatic carbocycles. The molecule has 1 saturated heterocycles. The van der Waals surface area contributed by atoms with Crippen LogP contribution in [0.2, 0.25) is 5.28 Å². The summed E-state index contributed by atoms with van der Waals surface area (Å²) in [6, 6.07) is 1.67. The SMILES string of the molecule is O=C1CC(CCl)CN1c1ccnc(Cl)n1. The number of aromatic nitrogens is 2. The predicted molar refractivity (Wildman–Crippen MR) is 58.2 cm³/mol. The van der Waals surface area contributed by atoms with E-state index in [0.717, 1.165) is 0 Å². The van der Waals surface area contributed by atoms with Crippen molar-refractivity contribution in [3.05, 3.63) is 17.5 Å². The van der Waals surface area contributed by atoms with Gasteiger partial charge in [0.05, 0.1) is 0 Å². The fraction of sp³-hybridized carbons (Fsp3) is 0.444. The Hall–Kier alpha value is -0.870. The molecule has 1 aromatic heterocycles. The lowest BCUT2D eigenvalue weighted by Gasteiger charge is -2.14. The van der Waals surface area contributed by atoms with E-state index < -0.39 is 0 Å². The highest BCUT2D eigenvalue weighted by Gasteiger charge is 2.30. The zero-order valence-electron chi connectivity index (χ0n) is 7.86. The van der Waals surface area contributed by atoms with Gasteiger partial charge in [0.15, 0.2) is 0 Å². The molecule has 1 aromatic rings. The van der Waals surface area contributed by atoms with E-state index in [9.17, 15) is 4.79 Å². The first-order chi connectivity index (χ1) is 7.20. The maximum atomic E-state index is 11.6. The van der Waals surface area contributed by atoms with Crippen LogP contribution in [-0.4, -0.2) is 28.3 Å². The number of halogens is 2. The van der Waals surface area contributed by atoms with Gasteiger partial charge in [-0.1, -0.05) is 0 Å². The maximum absolute atomic E-state index is 11.6. The third-order valence-electron chi connectivity index (χ3n) is 2.31. The van der Waals surface area contributed by atoms with Gasteiger partial charge in [-0.2, -0.15) is 0 Å². The molecule has 0 bridgehead atoms. The number of carbonyl (C=O) groups is 1. The van der Waals surface area contributed by atoms with E-state index in [1.165, 1.54) is 6.20 Å². The zero-order chi connectivity index (χ0) is 10.8. The molecule has 2 heterocycles. The smallest absolute Gasteiger partial charge is 0.228 e. The lowest BCUT2D eigenvalue weighted by atomic mass is 10.2. The number of hydrogen-bond donors (Lipinski definition) is 0. The highest BCUT2D eigenvalue weighted by atomic mass is 35.5. The second-order valence-electron chi connectivity index (χ2n) is 3.41. The van der Waals surface area contributed by atoms with Crippen molar-refractivity contribution in [1.82, 2.24) is 9.97 Å². The zero-order valence-corrected chi connectivity index (χ0v) is 9.37. The summed E-state index contributed by atoms with van der Waals surface area (Å²) in [5.41, 5.74) is 0. The van der Waals surface area contributed by atoms with Crippen molar-refractivity contribution < 1.29 is 4.79 Å². The van der Waals surface area contributed by atoms with Crippen LogP contribution in [0.3, 0.4) is 0 Å². The van der Waals surface area contributed by atoms with Crippen LogP contribution in [0.4, 0.5) is 5.82 Å². The lowest BCUT2D eigenvalue weighted by Crippen LogP contribution is -2.25. The number of hydrogen-bond acceptors (Lipinski definition) is 3. The van der Waals surface area contributed by atoms with E-state index in [1.807, 2.05) is 0 Å². The second-order valence-corrected chi connectivity index (χ2v) is 4.06. The number of rotatable bonds is 2. The van der Waals surface area contributed by atoms with Crippen molar-refractivity contribution >= 4 is 34.9 Å². The molecule has 1 fully saturated rings. The molecule has 0 saturated carbocycles. The molecule has 0 N–H and O–H groups in total. The molecule has 1 aliphatic rings. The van der Waals surface area contributed by atoms with Gasteiger partial charge in [-0.3, -0.25) is 9.69 Å². The van der Waals surface area contributed by atoms with E-state index in [1.54, 1.807) is 11.0 Å². The van der Waals surface area contributed by atoms with Crippen molar-refractivity contribution in [3.63, 3.8) is 0 Å². The standard InChI is InChI=1S/C9H9Cl2N3O/c10-4-6-3-8(15)14(5-6)7-1-2-12-9(11)13-7/h1-2,6H,3-5H2. The number of amides is 1. The van der Waals surface area contributed by atoms with Crippen LogP contribution in [0, 0.1) is 5.92 Å². The third kappa shape index (κ3) is 2.21. The quantitative estimate of drug-likeness (QED) is 0.589. The summed E-state index contributed by atoms with van der Waals surface area (Å²) in [5, 5.41) is 0.148. The van der Waals surface area contributed by atoms with Crippen LogP contribution < -0.4 is 4.90 Å².